The molecule has 5 nitrogen and oxygen atoms in total. The van der Waals surface area contributed by atoms with Gasteiger partial charge in [-0.1, -0.05) is 104 Å². The average molecular weight is 578 g/mol. The van der Waals surface area contributed by atoms with Crippen molar-refractivity contribution in [3.05, 3.63) is 150 Å². The van der Waals surface area contributed by atoms with Crippen LogP contribution >= 0.6 is 0 Å². The highest BCUT2D eigenvalue weighted by Crippen LogP contribution is 2.25. The van der Waals surface area contributed by atoms with Crippen LogP contribution in [-0.4, -0.2) is 47.5 Å². The summed E-state index contributed by atoms with van der Waals surface area (Å²) >= 11 is 0. The molecule has 1 saturated heterocycles. The molecule has 5 rings (SSSR count). The van der Waals surface area contributed by atoms with E-state index in [-0.39, 0.29) is 23.8 Å². The first-order chi connectivity index (χ1) is 21.1. The maximum atomic E-state index is 14.8. The van der Waals surface area contributed by atoms with E-state index in [1.807, 2.05) is 41.3 Å². The number of rotatable bonds is 14. The van der Waals surface area contributed by atoms with Crippen LogP contribution < -0.4 is 10.1 Å². The third kappa shape index (κ3) is 8.87. The van der Waals surface area contributed by atoms with Crippen molar-refractivity contribution in [2.75, 3.05) is 19.7 Å². The monoisotopic (exact) mass is 577 g/mol. The maximum Gasteiger partial charge on any atom is 0.240 e. The van der Waals surface area contributed by atoms with E-state index in [1.165, 1.54) is 17.2 Å². The maximum absolute atomic E-state index is 14.8. The molecule has 1 N–H and O–H groups in total. The molecule has 0 aromatic heterocycles. The first-order valence-electron chi connectivity index (χ1n) is 15.0. The van der Waals surface area contributed by atoms with Gasteiger partial charge in [-0.3, -0.25) is 9.69 Å². The minimum Gasteiger partial charge on any atom is -0.489 e. The molecular formula is C37H40FN3O2. The normalized spacial score (nSPS) is 15.8. The molecule has 43 heavy (non-hydrogen) atoms. The Hall–Kier alpha value is -4.26. The third-order valence-corrected chi connectivity index (χ3v) is 7.85. The Morgan fingerprint density at radius 1 is 0.884 bits per heavy atom. The topological polar surface area (TPSA) is 44.8 Å². The predicted molar refractivity (Wildman–Crippen MR) is 170 cm³/mol. The lowest BCUT2D eigenvalue weighted by atomic mass is 9.94. The van der Waals surface area contributed by atoms with E-state index < -0.39 is 0 Å². The fraction of sp³-hybridized carbons (Fsp3) is 0.270. The summed E-state index contributed by atoms with van der Waals surface area (Å²) in [6.45, 7) is 7.40. The van der Waals surface area contributed by atoms with E-state index in [1.54, 1.807) is 12.1 Å². The fourth-order valence-corrected chi connectivity index (χ4v) is 5.77. The number of piperazine rings is 1. The standard InChI is InChI=1S/C37H40FN3O2/c1-2-20-43-35-23-32(21-33(38)24-35)22-34(25-36-37(42)40(19-18-39-36)26-29-12-6-3-7-13-29)41(27-30-14-8-4-9-15-30)28-31-16-10-5-11-17-31/h2-17,21,23-24,34,36,39H,1,18-20,22,25-28H2/t34-,36-/m0/s1. The van der Waals surface area contributed by atoms with Gasteiger partial charge in [0.15, 0.2) is 0 Å². The van der Waals surface area contributed by atoms with Crippen molar-refractivity contribution in [2.45, 2.75) is 44.6 Å². The number of halogens is 1. The SMILES string of the molecule is C=CCOc1cc(F)cc(C[C@@H](C[C@@H]2NCCN(Cc3ccccc3)C2=O)N(Cc2ccccc2)Cc2ccccc2)c1. The van der Waals surface area contributed by atoms with Gasteiger partial charge in [0, 0.05) is 44.8 Å². The highest BCUT2D eigenvalue weighted by atomic mass is 19.1. The number of nitrogens with one attached hydrogen (secondary N) is 1. The summed E-state index contributed by atoms with van der Waals surface area (Å²) < 4.78 is 20.5. The van der Waals surface area contributed by atoms with Crippen molar-refractivity contribution in [1.82, 2.24) is 15.1 Å². The first kappa shape index (κ1) is 30.2. The van der Waals surface area contributed by atoms with Crippen molar-refractivity contribution in [2.24, 2.45) is 0 Å². The summed E-state index contributed by atoms with van der Waals surface area (Å²) in [4.78, 5) is 18.2. The zero-order valence-electron chi connectivity index (χ0n) is 24.6. The van der Waals surface area contributed by atoms with Gasteiger partial charge in [0.05, 0.1) is 6.04 Å². The van der Waals surface area contributed by atoms with E-state index in [0.717, 1.165) is 17.7 Å². The second-order valence-electron chi connectivity index (χ2n) is 11.1. The number of carbonyl (C=O) groups excluding carboxylic acids is 1. The van der Waals surface area contributed by atoms with Gasteiger partial charge in [-0.2, -0.15) is 0 Å². The van der Waals surface area contributed by atoms with Crippen LogP contribution in [0.5, 0.6) is 5.75 Å². The van der Waals surface area contributed by atoms with Gasteiger partial charge in [0.25, 0.3) is 0 Å². The van der Waals surface area contributed by atoms with Crippen LogP contribution in [0.15, 0.2) is 122 Å². The van der Waals surface area contributed by atoms with Crippen LogP contribution in [0.2, 0.25) is 0 Å². The van der Waals surface area contributed by atoms with Crippen LogP contribution in [0.1, 0.15) is 28.7 Å². The number of benzene rings is 4. The lowest BCUT2D eigenvalue weighted by Gasteiger charge is -2.38. The smallest absolute Gasteiger partial charge is 0.240 e. The van der Waals surface area contributed by atoms with Crippen LogP contribution in [-0.2, 0) is 30.8 Å². The zero-order valence-corrected chi connectivity index (χ0v) is 24.6. The van der Waals surface area contributed by atoms with Crippen molar-refractivity contribution >= 4 is 5.91 Å². The van der Waals surface area contributed by atoms with Gasteiger partial charge in [0.2, 0.25) is 5.91 Å². The summed E-state index contributed by atoms with van der Waals surface area (Å²) in [5.74, 6) is 0.245. The second kappa shape index (κ2) is 15.3. The highest BCUT2D eigenvalue weighted by Gasteiger charge is 2.33. The minimum atomic E-state index is -0.346. The van der Waals surface area contributed by atoms with Gasteiger partial charge < -0.3 is 15.0 Å². The van der Waals surface area contributed by atoms with Crippen molar-refractivity contribution in [3.63, 3.8) is 0 Å². The van der Waals surface area contributed by atoms with E-state index in [9.17, 15) is 9.18 Å². The molecule has 1 aliphatic rings. The average Bonchev–Trinajstić information content (AvgIpc) is 3.02. The van der Waals surface area contributed by atoms with Gasteiger partial charge in [-0.25, -0.2) is 4.39 Å². The Balaban J connectivity index is 1.45. The number of hydrogen-bond donors (Lipinski definition) is 1. The van der Waals surface area contributed by atoms with Gasteiger partial charge in [-0.15, -0.1) is 0 Å². The number of carbonyl (C=O) groups is 1. The predicted octanol–water partition coefficient (Wildman–Crippen LogP) is 6.39. The Morgan fingerprint density at radius 3 is 2.09 bits per heavy atom. The molecule has 0 radical (unpaired) electrons. The van der Waals surface area contributed by atoms with Gasteiger partial charge in [-0.05, 0) is 47.2 Å². The lowest BCUT2D eigenvalue weighted by molar-refractivity contribution is -0.137. The number of hydrogen-bond acceptors (Lipinski definition) is 4. The number of ether oxygens (including phenoxy) is 1. The number of nitrogens with zero attached hydrogens (tertiary/aromatic N) is 2. The van der Waals surface area contributed by atoms with E-state index in [2.05, 4.69) is 77.5 Å². The molecule has 1 heterocycles. The van der Waals surface area contributed by atoms with E-state index in [4.69, 9.17) is 4.74 Å². The van der Waals surface area contributed by atoms with Crippen molar-refractivity contribution in [1.29, 1.82) is 0 Å². The lowest BCUT2D eigenvalue weighted by Crippen LogP contribution is -2.56. The Morgan fingerprint density at radius 2 is 1.49 bits per heavy atom. The van der Waals surface area contributed by atoms with Crippen LogP contribution in [0.25, 0.3) is 0 Å². The summed E-state index contributed by atoms with van der Waals surface area (Å²) in [7, 11) is 0. The summed E-state index contributed by atoms with van der Waals surface area (Å²) in [6, 6.07) is 35.4. The molecule has 0 bridgehead atoms. The molecule has 0 unspecified atom stereocenters. The van der Waals surface area contributed by atoms with Gasteiger partial charge in [0.1, 0.15) is 18.2 Å². The highest BCUT2D eigenvalue weighted by molar-refractivity contribution is 5.82. The molecule has 2 atom stereocenters. The summed E-state index contributed by atoms with van der Waals surface area (Å²) in [5.41, 5.74) is 4.33. The Kier molecular flexibility index (Phi) is 10.7. The molecule has 0 aliphatic carbocycles. The fourth-order valence-electron chi connectivity index (χ4n) is 5.77. The molecule has 222 valence electrons. The van der Waals surface area contributed by atoms with Gasteiger partial charge >= 0.3 is 0 Å². The number of amides is 1. The molecule has 0 spiro atoms. The van der Waals surface area contributed by atoms with E-state index >= 15 is 0 Å². The summed E-state index contributed by atoms with van der Waals surface area (Å²) in [6.07, 6.45) is 2.80. The third-order valence-electron chi connectivity index (χ3n) is 7.85. The molecule has 4 aromatic rings. The molecule has 6 heteroatoms. The molecule has 1 amide bonds. The van der Waals surface area contributed by atoms with Crippen LogP contribution in [0.4, 0.5) is 4.39 Å². The largest absolute Gasteiger partial charge is 0.489 e. The second-order valence-corrected chi connectivity index (χ2v) is 11.1. The van der Waals surface area contributed by atoms with Crippen LogP contribution in [0, 0.1) is 5.82 Å². The molecule has 1 aliphatic heterocycles. The summed E-state index contributed by atoms with van der Waals surface area (Å²) in [5, 5.41) is 3.51. The van der Waals surface area contributed by atoms with Crippen LogP contribution in [0.3, 0.4) is 0 Å². The Labute approximate surface area is 254 Å². The minimum absolute atomic E-state index is 0.0624. The van der Waals surface area contributed by atoms with Crippen molar-refractivity contribution < 1.29 is 13.9 Å². The first-order valence-corrected chi connectivity index (χ1v) is 15.0. The van der Waals surface area contributed by atoms with E-state index in [0.29, 0.717) is 51.4 Å². The molecule has 0 saturated carbocycles. The zero-order chi connectivity index (χ0) is 29.9. The molecular weight excluding hydrogens is 537 g/mol. The Bertz CT molecular complexity index is 1410. The van der Waals surface area contributed by atoms with Crippen molar-refractivity contribution in [3.8, 4) is 5.75 Å². The molecule has 1 fully saturated rings. The molecule has 4 aromatic carbocycles. The quantitative estimate of drug-likeness (QED) is 0.176.